The minimum absolute atomic E-state index is 0.216. The maximum absolute atomic E-state index is 13.0. The van der Waals surface area contributed by atoms with Crippen LogP contribution in [0.3, 0.4) is 0 Å². The lowest BCUT2D eigenvalue weighted by molar-refractivity contribution is 0.356. The molecule has 1 aromatic carbocycles. The third-order valence-electron chi connectivity index (χ3n) is 4.46. The molecule has 1 atom stereocenters. The van der Waals surface area contributed by atoms with Crippen LogP contribution in [0, 0.1) is 0 Å². The predicted molar refractivity (Wildman–Crippen MR) is 92.9 cm³/mol. The SMILES string of the molecule is O=S(=O)(c1ccc2c(c1)CCO2)N1CCSC(c2ccco2)CC1. The van der Waals surface area contributed by atoms with Crippen molar-refractivity contribution in [1.29, 1.82) is 0 Å². The second-order valence-corrected chi connectivity index (χ2v) is 9.18. The molecule has 2 aromatic rings. The zero-order chi connectivity index (χ0) is 16.6. The average Bonchev–Trinajstić information content (AvgIpc) is 3.21. The zero-order valence-corrected chi connectivity index (χ0v) is 14.8. The molecule has 1 fully saturated rings. The standard InChI is InChI=1S/C17H19NO4S2/c19-24(20,14-3-4-15-13(12-14)6-10-22-15)18-7-5-17(23-11-8-18)16-2-1-9-21-16/h1-4,9,12,17H,5-8,10-11H2. The van der Waals surface area contributed by atoms with E-state index in [1.165, 1.54) is 0 Å². The molecule has 2 aliphatic rings. The fraction of sp³-hybridized carbons (Fsp3) is 0.412. The Labute approximate surface area is 146 Å². The highest BCUT2D eigenvalue weighted by Gasteiger charge is 2.30. The summed E-state index contributed by atoms with van der Waals surface area (Å²) in [7, 11) is -3.47. The minimum Gasteiger partial charge on any atom is -0.493 e. The van der Waals surface area contributed by atoms with Crippen molar-refractivity contribution >= 4 is 21.8 Å². The van der Waals surface area contributed by atoms with Crippen LogP contribution in [-0.4, -0.2) is 38.2 Å². The number of ether oxygens (including phenoxy) is 1. The summed E-state index contributed by atoms with van der Waals surface area (Å²) < 4.78 is 38.5. The van der Waals surface area contributed by atoms with Crippen molar-refractivity contribution in [2.75, 3.05) is 25.4 Å². The first-order valence-corrected chi connectivity index (χ1v) is 10.5. The molecule has 1 saturated heterocycles. The van der Waals surface area contributed by atoms with Crippen molar-refractivity contribution in [3.8, 4) is 5.75 Å². The van der Waals surface area contributed by atoms with Crippen LogP contribution in [0.1, 0.15) is 23.0 Å². The number of furan rings is 1. The van der Waals surface area contributed by atoms with Crippen LogP contribution in [0.4, 0.5) is 0 Å². The molecule has 0 radical (unpaired) electrons. The van der Waals surface area contributed by atoms with E-state index >= 15 is 0 Å². The number of hydrogen-bond donors (Lipinski definition) is 0. The van der Waals surface area contributed by atoms with E-state index in [2.05, 4.69) is 0 Å². The molecule has 4 rings (SSSR count). The quantitative estimate of drug-likeness (QED) is 0.837. The number of rotatable bonds is 3. The van der Waals surface area contributed by atoms with Crippen LogP contribution < -0.4 is 4.74 Å². The van der Waals surface area contributed by atoms with E-state index in [9.17, 15) is 8.42 Å². The summed E-state index contributed by atoms with van der Waals surface area (Å²) >= 11 is 1.76. The van der Waals surface area contributed by atoms with Gasteiger partial charge in [0.15, 0.2) is 0 Å². The van der Waals surface area contributed by atoms with Crippen LogP contribution in [-0.2, 0) is 16.4 Å². The molecular formula is C17H19NO4S2. The van der Waals surface area contributed by atoms with Gasteiger partial charge in [-0.25, -0.2) is 8.42 Å². The van der Waals surface area contributed by atoms with Gasteiger partial charge in [-0.05, 0) is 42.3 Å². The third kappa shape index (κ3) is 2.96. The number of hydrogen-bond acceptors (Lipinski definition) is 5. The third-order valence-corrected chi connectivity index (χ3v) is 7.64. The van der Waals surface area contributed by atoms with Crippen molar-refractivity contribution in [1.82, 2.24) is 4.31 Å². The molecule has 7 heteroatoms. The largest absolute Gasteiger partial charge is 0.493 e. The van der Waals surface area contributed by atoms with Crippen LogP contribution in [0.2, 0.25) is 0 Å². The number of thioether (sulfide) groups is 1. The summed E-state index contributed by atoms with van der Waals surface area (Å²) in [6.45, 7) is 1.66. The Morgan fingerprint density at radius 2 is 2.12 bits per heavy atom. The van der Waals surface area contributed by atoms with E-state index in [0.29, 0.717) is 24.6 Å². The minimum atomic E-state index is -3.47. The zero-order valence-electron chi connectivity index (χ0n) is 13.2. The van der Waals surface area contributed by atoms with Crippen LogP contribution >= 0.6 is 11.8 Å². The van der Waals surface area contributed by atoms with Crippen molar-refractivity contribution in [3.05, 3.63) is 47.9 Å². The van der Waals surface area contributed by atoms with Gasteiger partial charge in [0.05, 0.1) is 23.0 Å². The summed E-state index contributed by atoms with van der Waals surface area (Å²) in [5.41, 5.74) is 0.980. The number of fused-ring (bicyclic) bond motifs is 1. The predicted octanol–water partition coefficient (Wildman–Crippen LogP) is 3.08. The first-order valence-electron chi connectivity index (χ1n) is 8.05. The van der Waals surface area contributed by atoms with Crippen molar-refractivity contribution in [2.45, 2.75) is 23.0 Å². The van der Waals surface area contributed by atoms with E-state index in [0.717, 1.165) is 35.7 Å². The molecule has 24 heavy (non-hydrogen) atoms. The second kappa shape index (κ2) is 6.46. The van der Waals surface area contributed by atoms with E-state index < -0.39 is 10.0 Å². The fourth-order valence-corrected chi connectivity index (χ4v) is 5.97. The van der Waals surface area contributed by atoms with Crippen molar-refractivity contribution in [3.63, 3.8) is 0 Å². The van der Waals surface area contributed by atoms with Crippen LogP contribution in [0.25, 0.3) is 0 Å². The molecule has 0 aliphatic carbocycles. The second-order valence-electron chi connectivity index (χ2n) is 5.94. The summed E-state index contributed by atoms with van der Waals surface area (Å²) in [5.74, 6) is 2.49. The highest BCUT2D eigenvalue weighted by atomic mass is 32.2. The van der Waals surface area contributed by atoms with Gasteiger partial charge in [0.25, 0.3) is 0 Å². The van der Waals surface area contributed by atoms with Crippen LogP contribution in [0.5, 0.6) is 5.75 Å². The number of nitrogens with zero attached hydrogens (tertiary/aromatic N) is 1. The summed E-state index contributed by atoms with van der Waals surface area (Å²) in [5, 5.41) is 0.216. The summed E-state index contributed by atoms with van der Waals surface area (Å²) in [6.07, 6.45) is 3.20. The van der Waals surface area contributed by atoms with E-state index in [-0.39, 0.29) is 5.25 Å². The Hall–Kier alpha value is -1.44. The average molecular weight is 365 g/mol. The van der Waals surface area contributed by atoms with Gasteiger partial charge >= 0.3 is 0 Å². The normalized spacial score (nSPS) is 21.9. The Morgan fingerprint density at radius 1 is 1.21 bits per heavy atom. The fourth-order valence-electron chi connectivity index (χ4n) is 3.16. The molecule has 3 heterocycles. The molecule has 0 amide bonds. The first kappa shape index (κ1) is 16.1. The lowest BCUT2D eigenvalue weighted by Gasteiger charge is -2.20. The summed E-state index contributed by atoms with van der Waals surface area (Å²) in [6, 6.07) is 9.03. The maximum Gasteiger partial charge on any atom is 0.243 e. The van der Waals surface area contributed by atoms with Gasteiger partial charge in [0, 0.05) is 25.3 Å². The first-order chi connectivity index (χ1) is 11.6. The Balaban J connectivity index is 1.54. The van der Waals surface area contributed by atoms with E-state index in [1.807, 2.05) is 12.1 Å². The highest BCUT2D eigenvalue weighted by molar-refractivity contribution is 7.99. The van der Waals surface area contributed by atoms with Gasteiger partial charge in [0.1, 0.15) is 11.5 Å². The molecule has 128 valence electrons. The van der Waals surface area contributed by atoms with Gasteiger partial charge in [-0.2, -0.15) is 4.31 Å². The number of benzene rings is 1. The van der Waals surface area contributed by atoms with Gasteiger partial charge in [-0.1, -0.05) is 0 Å². The van der Waals surface area contributed by atoms with Gasteiger partial charge in [-0.3, -0.25) is 0 Å². The lowest BCUT2D eigenvalue weighted by Crippen LogP contribution is -2.33. The molecular weight excluding hydrogens is 346 g/mol. The molecule has 0 N–H and O–H groups in total. The Bertz CT molecular complexity index is 817. The van der Waals surface area contributed by atoms with Gasteiger partial charge in [0.2, 0.25) is 10.0 Å². The molecule has 1 aromatic heterocycles. The summed E-state index contributed by atoms with van der Waals surface area (Å²) in [4.78, 5) is 0.369. The number of sulfonamides is 1. The van der Waals surface area contributed by atoms with Gasteiger partial charge in [-0.15, -0.1) is 11.8 Å². The molecule has 0 bridgehead atoms. The monoisotopic (exact) mass is 365 g/mol. The smallest absolute Gasteiger partial charge is 0.243 e. The van der Waals surface area contributed by atoms with Crippen LogP contribution in [0.15, 0.2) is 45.9 Å². The molecule has 1 unspecified atom stereocenters. The van der Waals surface area contributed by atoms with E-state index in [1.54, 1.807) is 40.5 Å². The molecule has 0 spiro atoms. The lowest BCUT2D eigenvalue weighted by atomic mass is 10.2. The highest BCUT2D eigenvalue weighted by Crippen LogP contribution is 2.36. The Kier molecular flexibility index (Phi) is 4.32. The molecule has 0 saturated carbocycles. The topological polar surface area (TPSA) is 59.8 Å². The van der Waals surface area contributed by atoms with Gasteiger partial charge < -0.3 is 9.15 Å². The Morgan fingerprint density at radius 3 is 2.96 bits per heavy atom. The van der Waals surface area contributed by atoms with E-state index in [4.69, 9.17) is 9.15 Å². The van der Waals surface area contributed by atoms with Crippen molar-refractivity contribution < 1.29 is 17.6 Å². The maximum atomic E-state index is 13.0. The molecule has 2 aliphatic heterocycles. The molecule has 5 nitrogen and oxygen atoms in total. The van der Waals surface area contributed by atoms with Crippen molar-refractivity contribution in [2.24, 2.45) is 0 Å².